The lowest BCUT2D eigenvalue weighted by Crippen LogP contribution is -2.15. The molecule has 0 amide bonds. The SMILES string of the molecule is CCCCC(CCCC)CC(CCCC)CC(CCCC)CCCC. The third kappa shape index (κ3) is 14.8. The van der Waals surface area contributed by atoms with Crippen LogP contribution in [0.5, 0.6) is 0 Å². The first-order valence-electron chi connectivity index (χ1n) is 12.2. The summed E-state index contributed by atoms with van der Waals surface area (Å²) in [4.78, 5) is 0. The highest BCUT2D eigenvalue weighted by Crippen LogP contribution is 2.33. The quantitative estimate of drug-likeness (QED) is 0.217. The van der Waals surface area contributed by atoms with Gasteiger partial charge in [0.15, 0.2) is 0 Å². The van der Waals surface area contributed by atoms with Crippen molar-refractivity contribution in [2.75, 3.05) is 0 Å². The second kappa shape index (κ2) is 18.8. The van der Waals surface area contributed by atoms with Crippen molar-refractivity contribution in [2.45, 2.75) is 144 Å². The minimum atomic E-state index is 1.01. The Morgan fingerprint density at radius 3 is 0.840 bits per heavy atom. The highest BCUT2D eigenvalue weighted by atomic mass is 14.3. The molecule has 0 atom stereocenters. The Hall–Kier alpha value is 0. The normalized spacial score (nSPS) is 12.0. The maximum Gasteiger partial charge on any atom is -0.0409 e. The van der Waals surface area contributed by atoms with Crippen LogP contribution in [0.2, 0.25) is 0 Å². The van der Waals surface area contributed by atoms with E-state index in [9.17, 15) is 0 Å². The fraction of sp³-hybridized carbons (Fsp3) is 1.00. The standard InChI is InChI=1S/C25H52/c1-6-11-16-23(17-12-7-2)21-25(20-15-10-5)22-24(18-13-8-3)19-14-9-4/h23-25H,6-22H2,1-5H3. The fourth-order valence-electron chi connectivity index (χ4n) is 4.50. The van der Waals surface area contributed by atoms with Crippen LogP contribution in [0.3, 0.4) is 0 Å². The van der Waals surface area contributed by atoms with Gasteiger partial charge in [-0.05, 0) is 30.6 Å². The predicted octanol–water partition coefficient (Wildman–Crippen LogP) is 9.57. The zero-order valence-electron chi connectivity index (χ0n) is 18.8. The van der Waals surface area contributed by atoms with E-state index in [-0.39, 0.29) is 0 Å². The minimum Gasteiger partial charge on any atom is -0.0654 e. The molecule has 0 spiro atoms. The van der Waals surface area contributed by atoms with E-state index >= 15 is 0 Å². The molecule has 0 aliphatic carbocycles. The first-order chi connectivity index (χ1) is 12.2. The molecule has 0 bridgehead atoms. The van der Waals surface area contributed by atoms with Crippen LogP contribution in [0.1, 0.15) is 144 Å². The summed E-state index contributed by atoms with van der Waals surface area (Å²) in [6.45, 7) is 11.8. The second-order valence-electron chi connectivity index (χ2n) is 8.78. The molecule has 0 unspecified atom stereocenters. The summed E-state index contributed by atoms with van der Waals surface area (Å²) < 4.78 is 0. The number of unbranched alkanes of at least 4 members (excludes halogenated alkanes) is 5. The van der Waals surface area contributed by atoms with Gasteiger partial charge in [-0.1, -0.05) is 131 Å². The third-order valence-electron chi connectivity index (χ3n) is 6.16. The van der Waals surface area contributed by atoms with Gasteiger partial charge in [0.05, 0.1) is 0 Å². The van der Waals surface area contributed by atoms with Crippen LogP contribution in [-0.2, 0) is 0 Å². The molecular formula is C25H52. The molecule has 0 nitrogen and oxygen atoms in total. The summed E-state index contributed by atoms with van der Waals surface area (Å²) in [6, 6.07) is 0. The highest BCUT2D eigenvalue weighted by Gasteiger charge is 2.20. The average Bonchev–Trinajstić information content (AvgIpc) is 2.63. The van der Waals surface area contributed by atoms with Crippen LogP contribution in [0.15, 0.2) is 0 Å². The van der Waals surface area contributed by atoms with Gasteiger partial charge in [-0.15, -0.1) is 0 Å². The van der Waals surface area contributed by atoms with Crippen LogP contribution < -0.4 is 0 Å². The Morgan fingerprint density at radius 2 is 0.600 bits per heavy atom. The average molecular weight is 353 g/mol. The maximum absolute atomic E-state index is 2.37. The van der Waals surface area contributed by atoms with Crippen molar-refractivity contribution < 1.29 is 0 Å². The van der Waals surface area contributed by atoms with E-state index in [2.05, 4.69) is 34.6 Å². The van der Waals surface area contributed by atoms with Gasteiger partial charge in [0.2, 0.25) is 0 Å². The lowest BCUT2D eigenvalue weighted by atomic mass is 9.78. The summed E-state index contributed by atoms with van der Waals surface area (Å²) in [5.74, 6) is 3.04. The lowest BCUT2D eigenvalue weighted by molar-refractivity contribution is 0.244. The van der Waals surface area contributed by atoms with Crippen LogP contribution in [-0.4, -0.2) is 0 Å². The molecule has 0 fully saturated rings. The Bertz CT molecular complexity index is 206. The van der Waals surface area contributed by atoms with Crippen molar-refractivity contribution in [1.82, 2.24) is 0 Å². The van der Waals surface area contributed by atoms with Crippen molar-refractivity contribution in [2.24, 2.45) is 17.8 Å². The van der Waals surface area contributed by atoms with Gasteiger partial charge < -0.3 is 0 Å². The summed E-state index contributed by atoms with van der Waals surface area (Å²) >= 11 is 0. The molecule has 0 heteroatoms. The summed E-state index contributed by atoms with van der Waals surface area (Å²) in [6.07, 6.45) is 24.7. The number of hydrogen-bond donors (Lipinski definition) is 0. The van der Waals surface area contributed by atoms with Gasteiger partial charge in [0.25, 0.3) is 0 Å². The van der Waals surface area contributed by atoms with Gasteiger partial charge in [0, 0.05) is 0 Å². The first-order valence-corrected chi connectivity index (χ1v) is 12.2. The maximum atomic E-state index is 2.37. The molecule has 0 aromatic heterocycles. The topological polar surface area (TPSA) is 0 Å². The van der Waals surface area contributed by atoms with Crippen molar-refractivity contribution in [3.63, 3.8) is 0 Å². The van der Waals surface area contributed by atoms with E-state index < -0.39 is 0 Å². The van der Waals surface area contributed by atoms with E-state index in [0.717, 1.165) is 17.8 Å². The Balaban J connectivity index is 4.70. The molecule has 0 saturated carbocycles. The molecule has 0 rings (SSSR count). The zero-order chi connectivity index (χ0) is 18.8. The van der Waals surface area contributed by atoms with Crippen molar-refractivity contribution in [3.8, 4) is 0 Å². The molecule has 0 N–H and O–H groups in total. The smallest absolute Gasteiger partial charge is 0.0409 e. The van der Waals surface area contributed by atoms with Gasteiger partial charge in [0.1, 0.15) is 0 Å². The van der Waals surface area contributed by atoms with Gasteiger partial charge >= 0.3 is 0 Å². The molecule has 0 radical (unpaired) electrons. The zero-order valence-corrected chi connectivity index (χ0v) is 18.8. The third-order valence-corrected chi connectivity index (χ3v) is 6.16. The summed E-state index contributed by atoms with van der Waals surface area (Å²) in [5, 5.41) is 0. The fourth-order valence-corrected chi connectivity index (χ4v) is 4.50. The van der Waals surface area contributed by atoms with E-state index in [1.165, 1.54) is 109 Å². The van der Waals surface area contributed by atoms with Crippen molar-refractivity contribution >= 4 is 0 Å². The van der Waals surface area contributed by atoms with E-state index in [4.69, 9.17) is 0 Å². The summed E-state index contributed by atoms with van der Waals surface area (Å²) in [5.41, 5.74) is 0. The van der Waals surface area contributed by atoms with Crippen LogP contribution in [0, 0.1) is 17.8 Å². The molecule has 25 heavy (non-hydrogen) atoms. The Morgan fingerprint density at radius 1 is 0.360 bits per heavy atom. The monoisotopic (exact) mass is 352 g/mol. The molecule has 152 valence electrons. The van der Waals surface area contributed by atoms with Crippen molar-refractivity contribution in [1.29, 1.82) is 0 Å². The largest absolute Gasteiger partial charge is 0.0654 e. The van der Waals surface area contributed by atoms with E-state index in [1.807, 2.05) is 0 Å². The van der Waals surface area contributed by atoms with Crippen molar-refractivity contribution in [3.05, 3.63) is 0 Å². The molecule has 0 aliphatic rings. The van der Waals surface area contributed by atoms with E-state index in [0.29, 0.717) is 0 Å². The highest BCUT2D eigenvalue weighted by molar-refractivity contribution is 4.72. The lowest BCUT2D eigenvalue weighted by Gasteiger charge is -2.28. The summed E-state index contributed by atoms with van der Waals surface area (Å²) in [7, 11) is 0. The minimum absolute atomic E-state index is 1.01. The second-order valence-corrected chi connectivity index (χ2v) is 8.78. The number of hydrogen-bond acceptors (Lipinski definition) is 0. The predicted molar refractivity (Wildman–Crippen MR) is 117 cm³/mol. The van der Waals surface area contributed by atoms with Crippen LogP contribution in [0.4, 0.5) is 0 Å². The molecule has 0 aliphatic heterocycles. The first kappa shape index (κ1) is 25.0. The molecule has 0 aromatic rings. The molecular weight excluding hydrogens is 300 g/mol. The van der Waals surface area contributed by atoms with Crippen LogP contribution >= 0.6 is 0 Å². The number of rotatable bonds is 19. The Kier molecular flexibility index (Phi) is 18.8. The molecule has 0 saturated heterocycles. The van der Waals surface area contributed by atoms with Gasteiger partial charge in [-0.25, -0.2) is 0 Å². The molecule has 0 aromatic carbocycles. The van der Waals surface area contributed by atoms with Gasteiger partial charge in [-0.3, -0.25) is 0 Å². The van der Waals surface area contributed by atoms with Crippen LogP contribution in [0.25, 0.3) is 0 Å². The Labute approximate surface area is 161 Å². The van der Waals surface area contributed by atoms with Gasteiger partial charge in [-0.2, -0.15) is 0 Å². The van der Waals surface area contributed by atoms with E-state index in [1.54, 1.807) is 0 Å². The molecule has 0 heterocycles.